The molecule has 0 radical (unpaired) electrons. The van der Waals surface area contributed by atoms with E-state index in [1.54, 1.807) is 27.6 Å². The van der Waals surface area contributed by atoms with Crippen LogP contribution in [0, 0.1) is 23.7 Å². The van der Waals surface area contributed by atoms with Crippen molar-refractivity contribution in [2.24, 2.45) is 5.92 Å². The summed E-state index contributed by atoms with van der Waals surface area (Å²) in [4.78, 5) is 13.0. The number of nitrogens with zero attached hydrogens (tertiary/aromatic N) is 3. The third-order valence-electron chi connectivity index (χ3n) is 7.04. The lowest BCUT2D eigenvalue weighted by molar-refractivity contribution is 0.140. The summed E-state index contributed by atoms with van der Waals surface area (Å²) in [5.41, 5.74) is 3.07. The van der Waals surface area contributed by atoms with Crippen molar-refractivity contribution in [2.45, 2.75) is 84.8 Å². The molecule has 1 aromatic carbocycles. The van der Waals surface area contributed by atoms with Crippen LogP contribution >= 0.6 is 0 Å². The molecule has 3 aromatic rings. The van der Waals surface area contributed by atoms with Crippen LogP contribution in [0.2, 0.25) is 0 Å². The number of aromatic nitrogens is 3. The van der Waals surface area contributed by atoms with Crippen LogP contribution in [0.25, 0.3) is 5.69 Å². The second-order valence-electron chi connectivity index (χ2n) is 11.8. The number of carbonyl (C=O) groups is 1. The summed E-state index contributed by atoms with van der Waals surface area (Å²) < 4.78 is 9.55. The van der Waals surface area contributed by atoms with E-state index in [0.717, 1.165) is 42.6 Å². The summed E-state index contributed by atoms with van der Waals surface area (Å²) in [5.74, 6) is 1.67. The van der Waals surface area contributed by atoms with E-state index in [1.807, 2.05) is 51.1 Å². The van der Waals surface area contributed by atoms with E-state index in [4.69, 9.17) is 20.7 Å². The molecule has 1 aliphatic carbocycles. The van der Waals surface area contributed by atoms with Gasteiger partial charge in [0.2, 0.25) is 0 Å². The van der Waals surface area contributed by atoms with Crippen molar-refractivity contribution < 1.29 is 9.53 Å². The first-order valence-corrected chi connectivity index (χ1v) is 13.7. The highest BCUT2D eigenvalue weighted by Crippen LogP contribution is 2.27. The Morgan fingerprint density at radius 2 is 1.74 bits per heavy atom. The predicted octanol–water partition coefficient (Wildman–Crippen LogP) is 5.75. The fourth-order valence-corrected chi connectivity index (χ4v) is 4.60. The molecule has 0 unspecified atom stereocenters. The van der Waals surface area contributed by atoms with Crippen molar-refractivity contribution in [1.82, 2.24) is 19.7 Å². The second kappa shape index (κ2) is 11.5. The van der Waals surface area contributed by atoms with E-state index in [-0.39, 0.29) is 35.0 Å². The first kappa shape index (κ1) is 28.1. The molecule has 9 nitrogen and oxygen atoms in total. The molecule has 0 bridgehead atoms. The normalized spacial score (nSPS) is 17.6. The van der Waals surface area contributed by atoms with Gasteiger partial charge in [-0.3, -0.25) is 20.7 Å². The van der Waals surface area contributed by atoms with Crippen LogP contribution in [0.4, 0.5) is 10.6 Å². The Balaban J connectivity index is 1.36. The number of urea groups is 1. The van der Waals surface area contributed by atoms with Gasteiger partial charge in [-0.25, -0.2) is 9.48 Å². The minimum Gasteiger partial charge on any atom is -0.489 e. The van der Waals surface area contributed by atoms with Crippen LogP contribution in [0.3, 0.4) is 0 Å². The molecule has 0 aliphatic heterocycles. The third-order valence-corrected chi connectivity index (χ3v) is 7.04. The molecule has 2 amide bonds. The van der Waals surface area contributed by atoms with Gasteiger partial charge in [0.05, 0.1) is 23.7 Å². The van der Waals surface area contributed by atoms with Gasteiger partial charge in [0.1, 0.15) is 22.9 Å². The number of ether oxygens (including phenoxy) is 1. The first-order valence-electron chi connectivity index (χ1n) is 13.7. The van der Waals surface area contributed by atoms with Crippen molar-refractivity contribution >= 4 is 17.7 Å². The standard InChI is InChI=1S/C30H41N7O2/c1-19(2)28(32)36-18-24(15-16-26(36)31)39-23-13-9-21(10-14-23)33-29(38)34-27-17-25(30(4,5)6)35-37(27)22-11-7-20(3)8-12-22/h7-8,11-12,15-19,21,23,31-32H,9-10,13-14H2,1-6H3,(H2,33,34,38). The lowest BCUT2D eigenvalue weighted by Crippen LogP contribution is -2.42. The average molecular weight is 532 g/mol. The monoisotopic (exact) mass is 531 g/mol. The quantitative estimate of drug-likeness (QED) is 0.239. The van der Waals surface area contributed by atoms with Gasteiger partial charge in [0.25, 0.3) is 0 Å². The van der Waals surface area contributed by atoms with Gasteiger partial charge in [-0.2, -0.15) is 5.10 Å². The van der Waals surface area contributed by atoms with Gasteiger partial charge in [-0.05, 0) is 56.9 Å². The molecule has 4 rings (SSSR count). The van der Waals surface area contributed by atoms with Crippen LogP contribution < -0.4 is 20.9 Å². The topological polar surface area (TPSA) is 121 Å². The molecular weight excluding hydrogens is 490 g/mol. The molecule has 39 heavy (non-hydrogen) atoms. The summed E-state index contributed by atoms with van der Waals surface area (Å²) >= 11 is 0. The van der Waals surface area contributed by atoms with E-state index in [0.29, 0.717) is 17.4 Å². The molecular formula is C30H41N7O2. The molecule has 1 fully saturated rings. The summed E-state index contributed by atoms with van der Waals surface area (Å²) in [6, 6.07) is 13.3. The number of aryl methyl sites for hydroxylation is 1. The van der Waals surface area contributed by atoms with Gasteiger partial charge < -0.3 is 10.1 Å². The lowest BCUT2D eigenvalue weighted by Gasteiger charge is -2.29. The number of anilines is 1. The van der Waals surface area contributed by atoms with Crippen LogP contribution in [0.15, 0.2) is 48.7 Å². The Bertz CT molecular complexity index is 1370. The zero-order valence-electron chi connectivity index (χ0n) is 23.8. The molecule has 0 spiro atoms. The van der Waals surface area contributed by atoms with E-state index in [2.05, 4.69) is 31.4 Å². The first-order chi connectivity index (χ1) is 18.4. The van der Waals surface area contributed by atoms with E-state index in [1.165, 1.54) is 0 Å². The second-order valence-corrected chi connectivity index (χ2v) is 11.8. The van der Waals surface area contributed by atoms with Crippen LogP contribution in [-0.4, -0.2) is 38.4 Å². The smallest absolute Gasteiger partial charge is 0.320 e. The van der Waals surface area contributed by atoms with Gasteiger partial charge in [0.15, 0.2) is 0 Å². The van der Waals surface area contributed by atoms with Gasteiger partial charge in [0, 0.05) is 23.4 Å². The van der Waals surface area contributed by atoms with Crippen molar-refractivity contribution in [3.63, 3.8) is 0 Å². The van der Waals surface area contributed by atoms with Crippen LogP contribution in [0.1, 0.15) is 71.6 Å². The van der Waals surface area contributed by atoms with E-state index in [9.17, 15) is 4.79 Å². The number of rotatable bonds is 6. The molecule has 4 N–H and O–H groups in total. The van der Waals surface area contributed by atoms with Crippen molar-refractivity contribution in [3.05, 3.63) is 65.4 Å². The summed E-state index contributed by atoms with van der Waals surface area (Å²) in [7, 11) is 0. The highest BCUT2D eigenvalue weighted by molar-refractivity contribution is 5.89. The SMILES string of the molecule is Cc1ccc(-n2nc(C(C)(C)C)cc2NC(=O)NC2CCC(Oc3ccc(=N)n(C(=N)C(C)C)c3)CC2)cc1. The zero-order valence-corrected chi connectivity index (χ0v) is 23.8. The van der Waals surface area contributed by atoms with E-state index >= 15 is 0 Å². The number of benzene rings is 1. The van der Waals surface area contributed by atoms with E-state index < -0.39 is 0 Å². The fraction of sp³-hybridized carbons (Fsp3) is 0.467. The molecule has 0 atom stereocenters. The lowest BCUT2D eigenvalue weighted by atomic mass is 9.92. The maximum Gasteiger partial charge on any atom is 0.320 e. The Morgan fingerprint density at radius 1 is 1.08 bits per heavy atom. The van der Waals surface area contributed by atoms with Crippen LogP contribution in [0.5, 0.6) is 5.75 Å². The van der Waals surface area contributed by atoms with Crippen molar-refractivity contribution in [3.8, 4) is 11.4 Å². The zero-order chi connectivity index (χ0) is 28.3. The maximum atomic E-state index is 13.0. The Hall–Kier alpha value is -3.88. The molecule has 0 saturated heterocycles. The third kappa shape index (κ3) is 6.96. The number of carbonyl (C=O) groups excluding carboxylic acids is 1. The minimum absolute atomic E-state index is 0.0117. The molecule has 9 heteroatoms. The number of pyridine rings is 1. The maximum absolute atomic E-state index is 13.0. The summed E-state index contributed by atoms with van der Waals surface area (Å²) in [6.45, 7) is 12.2. The van der Waals surface area contributed by atoms with Gasteiger partial charge in [-0.1, -0.05) is 52.3 Å². The molecule has 208 valence electrons. The molecule has 2 aromatic heterocycles. The van der Waals surface area contributed by atoms with Gasteiger partial charge >= 0.3 is 6.03 Å². The molecule has 1 saturated carbocycles. The number of amides is 2. The molecule has 1 aliphatic rings. The van der Waals surface area contributed by atoms with Gasteiger partial charge in [-0.15, -0.1) is 0 Å². The highest BCUT2D eigenvalue weighted by atomic mass is 16.5. The molecule has 2 heterocycles. The van der Waals surface area contributed by atoms with Crippen molar-refractivity contribution in [2.75, 3.05) is 5.32 Å². The Labute approximate surface area is 230 Å². The number of hydrogen-bond acceptors (Lipinski definition) is 5. The Morgan fingerprint density at radius 3 is 2.36 bits per heavy atom. The fourth-order valence-electron chi connectivity index (χ4n) is 4.60. The van der Waals surface area contributed by atoms with Crippen LogP contribution in [-0.2, 0) is 5.41 Å². The van der Waals surface area contributed by atoms with Crippen molar-refractivity contribution in [1.29, 1.82) is 10.8 Å². The Kier molecular flexibility index (Phi) is 8.28. The summed E-state index contributed by atoms with van der Waals surface area (Å²) in [6.07, 6.45) is 4.99. The number of hydrogen-bond donors (Lipinski definition) is 4. The summed E-state index contributed by atoms with van der Waals surface area (Å²) in [5, 5.41) is 27.3. The predicted molar refractivity (Wildman–Crippen MR) is 154 cm³/mol. The average Bonchev–Trinajstić information content (AvgIpc) is 3.30. The number of nitrogens with one attached hydrogen (secondary N) is 4. The highest BCUT2D eigenvalue weighted by Gasteiger charge is 2.25. The minimum atomic E-state index is -0.243. The largest absolute Gasteiger partial charge is 0.489 e.